The SMILES string of the molecule is COc1cccc([C@H](C)NC2CCCNCC2)c1. The largest absolute Gasteiger partial charge is 0.497 e. The lowest BCUT2D eigenvalue weighted by molar-refractivity contribution is 0.406. The minimum absolute atomic E-state index is 0.378. The Morgan fingerprint density at radius 1 is 1.33 bits per heavy atom. The van der Waals surface area contributed by atoms with Gasteiger partial charge in [-0.05, 0) is 57.0 Å². The lowest BCUT2D eigenvalue weighted by Crippen LogP contribution is -2.32. The van der Waals surface area contributed by atoms with Gasteiger partial charge in [-0.15, -0.1) is 0 Å². The quantitative estimate of drug-likeness (QED) is 0.859. The number of nitrogens with one attached hydrogen (secondary N) is 2. The normalized spacial score (nSPS) is 22.2. The van der Waals surface area contributed by atoms with E-state index in [1.165, 1.54) is 24.8 Å². The highest BCUT2D eigenvalue weighted by Crippen LogP contribution is 2.20. The average Bonchev–Trinajstić information content (AvgIpc) is 2.67. The first-order valence-corrected chi connectivity index (χ1v) is 6.90. The number of hydrogen-bond acceptors (Lipinski definition) is 3. The van der Waals surface area contributed by atoms with Crippen LogP contribution in [0.25, 0.3) is 0 Å². The monoisotopic (exact) mass is 248 g/mol. The van der Waals surface area contributed by atoms with E-state index in [0.29, 0.717) is 12.1 Å². The standard InChI is InChI=1S/C15H24N2O/c1-12(13-5-3-7-15(11-13)18-2)17-14-6-4-9-16-10-8-14/h3,5,7,11-12,14,16-17H,4,6,8-10H2,1-2H3/t12-,14?/m0/s1. The molecule has 1 aromatic carbocycles. The van der Waals surface area contributed by atoms with Gasteiger partial charge >= 0.3 is 0 Å². The molecule has 0 bridgehead atoms. The predicted molar refractivity (Wildman–Crippen MR) is 75.1 cm³/mol. The maximum Gasteiger partial charge on any atom is 0.119 e. The maximum atomic E-state index is 5.28. The first-order valence-electron chi connectivity index (χ1n) is 6.90. The fraction of sp³-hybridized carbons (Fsp3) is 0.600. The Balaban J connectivity index is 1.95. The van der Waals surface area contributed by atoms with Crippen LogP contribution in [0.2, 0.25) is 0 Å². The van der Waals surface area contributed by atoms with E-state index >= 15 is 0 Å². The zero-order valence-corrected chi connectivity index (χ0v) is 11.4. The highest BCUT2D eigenvalue weighted by atomic mass is 16.5. The molecule has 3 nitrogen and oxygen atoms in total. The van der Waals surface area contributed by atoms with Crippen molar-refractivity contribution in [3.05, 3.63) is 29.8 Å². The molecule has 1 fully saturated rings. The van der Waals surface area contributed by atoms with Crippen molar-refractivity contribution >= 4 is 0 Å². The van der Waals surface area contributed by atoms with Crippen LogP contribution in [-0.2, 0) is 0 Å². The maximum absolute atomic E-state index is 5.28. The summed E-state index contributed by atoms with van der Waals surface area (Å²) in [4.78, 5) is 0. The molecule has 0 radical (unpaired) electrons. The van der Waals surface area contributed by atoms with Gasteiger partial charge in [0.2, 0.25) is 0 Å². The Hall–Kier alpha value is -1.06. The molecule has 1 heterocycles. The summed E-state index contributed by atoms with van der Waals surface area (Å²) < 4.78 is 5.28. The van der Waals surface area contributed by atoms with E-state index in [2.05, 4.69) is 35.8 Å². The molecule has 0 aliphatic carbocycles. The molecule has 18 heavy (non-hydrogen) atoms. The van der Waals surface area contributed by atoms with Gasteiger partial charge in [-0.1, -0.05) is 12.1 Å². The van der Waals surface area contributed by atoms with Gasteiger partial charge in [-0.25, -0.2) is 0 Å². The first kappa shape index (κ1) is 13.4. The molecule has 2 atom stereocenters. The van der Waals surface area contributed by atoms with Gasteiger partial charge in [-0.3, -0.25) is 0 Å². The average molecular weight is 248 g/mol. The van der Waals surface area contributed by atoms with Crippen molar-refractivity contribution in [3.63, 3.8) is 0 Å². The van der Waals surface area contributed by atoms with Crippen molar-refractivity contribution in [1.82, 2.24) is 10.6 Å². The summed E-state index contributed by atoms with van der Waals surface area (Å²) in [5.74, 6) is 0.934. The Kier molecular flexibility index (Phi) is 5.02. The first-order chi connectivity index (χ1) is 8.79. The van der Waals surface area contributed by atoms with Crippen LogP contribution in [0.15, 0.2) is 24.3 Å². The van der Waals surface area contributed by atoms with Gasteiger partial charge in [0.05, 0.1) is 7.11 Å². The van der Waals surface area contributed by atoms with Crippen LogP contribution in [-0.4, -0.2) is 26.2 Å². The van der Waals surface area contributed by atoms with E-state index in [1.807, 2.05) is 6.07 Å². The molecule has 2 N–H and O–H groups in total. The lowest BCUT2D eigenvalue weighted by atomic mass is 10.0. The van der Waals surface area contributed by atoms with Gasteiger partial charge in [0, 0.05) is 12.1 Å². The number of ether oxygens (including phenoxy) is 1. The van der Waals surface area contributed by atoms with Crippen LogP contribution in [0.1, 0.15) is 37.8 Å². The molecule has 1 unspecified atom stereocenters. The van der Waals surface area contributed by atoms with Crippen LogP contribution in [0, 0.1) is 0 Å². The molecule has 1 aromatic rings. The van der Waals surface area contributed by atoms with Gasteiger partial charge < -0.3 is 15.4 Å². The van der Waals surface area contributed by atoms with E-state index in [4.69, 9.17) is 4.74 Å². The molecular weight excluding hydrogens is 224 g/mol. The van der Waals surface area contributed by atoms with E-state index in [0.717, 1.165) is 18.8 Å². The van der Waals surface area contributed by atoms with Crippen LogP contribution in [0.3, 0.4) is 0 Å². The van der Waals surface area contributed by atoms with Crippen molar-refractivity contribution in [1.29, 1.82) is 0 Å². The minimum atomic E-state index is 0.378. The van der Waals surface area contributed by atoms with Gasteiger partial charge in [0.15, 0.2) is 0 Å². The Bertz CT molecular complexity index is 359. The fourth-order valence-corrected chi connectivity index (χ4v) is 2.55. The summed E-state index contributed by atoms with van der Waals surface area (Å²) in [6.45, 7) is 4.52. The third-order valence-electron chi connectivity index (χ3n) is 3.66. The van der Waals surface area contributed by atoms with Crippen molar-refractivity contribution < 1.29 is 4.74 Å². The summed E-state index contributed by atoms with van der Waals surface area (Å²) in [6.07, 6.45) is 3.75. The molecule has 1 saturated heterocycles. The van der Waals surface area contributed by atoms with E-state index in [-0.39, 0.29) is 0 Å². The molecule has 0 saturated carbocycles. The molecule has 0 spiro atoms. The van der Waals surface area contributed by atoms with Crippen LogP contribution < -0.4 is 15.4 Å². The van der Waals surface area contributed by atoms with E-state index < -0.39 is 0 Å². The molecule has 100 valence electrons. The highest BCUT2D eigenvalue weighted by Gasteiger charge is 2.15. The molecule has 0 amide bonds. The summed E-state index contributed by atoms with van der Waals surface area (Å²) >= 11 is 0. The lowest BCUT2D eigenvalue weighted by Gasteiger charge is -2.22. The topological polar surface area (TPSA) is 33.3 Å². The smallest absolute Gasteiger partial charge is 0.119 e. The van der Waals surface area contributed by atoms with Crippen LogP contribution in [0.5, 0.6) is 5.75 Å². The molecule has 1 aliphatic rings. The number of benzene rings is 1. The zero-order chi connectivity index (χ0) is 12.8. The van der Waals surface area contributed by atoms with Gasteiger partial charge in [0.25, 0.3) is 0 Å². The molecule has 2 rings (SSSR count). The second-order valence-electron chi connectivity index (χ2n) is 5.04. The molecule has 0 aromatic heterocycles. The Morgan fingerprint density at radius 2 is 2.22 bits per heavy atom. The Labute approximate surface area is 110 Å². The highest BCUT2D eigenvalue weighted by molar-refractivity contribution is 5.30. The second-order valence-corrected chi connectivity index (χ2v) is 5.04. The summed E-state index contributed by atoms with van der Waals surface area (Å²) in [6, 6.07) is 9.33. The van der Waals surface area contributed by atoms with Gasteiger partial charge in [-0.2, -0.15) is 0 Å². The van der Waals surface area contributed by atoms with Gasteiger partial charge in [0.1, 0.15) is 5.75 Å². The summed E-state index contributed by atoms with van der Waals surface area (Å²) in [5, 5.41) is 7.18. The van der Waals surface area contributed by atoms with Crippen molar-refractivity contribution in [3.8, 4) is 5.75 Å². The van der Waals surface area contributed by atoms with E-state index in [1.54, 1.807) is 7.11 Å². The molecule has 3 heteroatoms. The number of rotatable bonds is 4. The van der Waals surface area contributed by atoms with Crippen molar-refractivity contribution in [2.24, 2.45) is 0 Å². The molecular formula is C15H24N2O. The van der Waals surface area contributed by atoms with Crippen LogP contribution in [0.4, 0.5) is 0 Å². The number of hydrogen-bond donors (Lipinski definition) is 2. The minimum Gasteiger partial charge on any atom is -0.497 e. The molecule has 1 aliphatic heterocycles. The third-order valence-corrected chi connectivity index (χ3v) is 3.66. The number of methoxy groups -OCH3 is 1. The van der Waals surface area contributed by atoms with E-state index in [9.17, 15) is 0 Å². The fourth-order valence-electron chi connectivity index (χ4n) is 2.55. The third kappa shape index (κ3) is 3.72. The Morgan fingerprint density at radius 3 is 3.06 bits per heavy atom. The van der Waals surface area contributed by atoms with Crippen molar-refractivity contribution in [2.45, 2.75) is 38.3 Å². The summed E-state index contributed by atoms with van der Waals surface area (Å²) in [7, 11) is 1.72. The summed E-state index contributed by atoms with van der Waals surface area (Å²) in [5.41, 5.74) is 1.30. The predicted octanol–water partition coefficient (Wildman–Crippen LogP) is 2.49. The van der Waals surface area contributed by atoms with Crippen LogP contribution >= 0.6 is 0 Å². The zero-order valence-electron chi connectivity index (χ0n) is 11.4. The van der Waals surface area contributed by atoms with Crippen molar-refractivity contribution in [2.75, 3.05) is 20.2 Å². The second kappa shape index (κ2) is 6.76.